The number of hydrogen-bond acceptors (Lipinski definition) is 6. The van der Waals surface area contributed by atoms with Crippen LogP contribution < -0.4 is 0 Å². The van der Waals surface area contributed by atoms with Gasteiger partial charge < -0.3 is 14.3 Å². The Kier molecular flexibility index (Phi) is 4.58. The van der Waals surface area contributed by atoms with Crippen LogP contribution in [-0.4, -0.2) is 45.7 Å². The number of hydrogen-bond donors (Lipinski definition) is 0. The molecule has 0 spiro atoms. The molecule has 7 heteroatoms. The summed E-state index contributed by atoms with van der Waals surface area (Å²) in [6.45, 7) is 6.84. The highest BCUT2D eigenvalue weighted by molar-refractivity contribution is 8.16. The molecule has 0 unspecified atom stereocenters. The van der Waals surface area contributed by atoms with Gasteiger partial charge in [-0.05, 0) is 24.7 Å². The van der Waals surface area contributed by atoms with E-state index in [1.807, 2.05) is 11.0 Å². The summed E-state index contributed by atoms with van der Waals surface area (Å²) < 4.78 is 5.44. The molecule has 0 bridgehead atoms. The molecule has 6 nitrogen and oxygen atoms in total. The summed E-state index contributed by atoms with van der Waals surface area (Å²) in [6, 6.07) is 2.06. The van der Waals surface area contributed by atoms with E-state index in [-0.39, 0.29) is 11.9 Å². The third-order valence-electron chi connectivity index (χ3n) is 5.03. The molecular formula is C18H24N4O2S. The van der Waals surface area contributed by atoms with Crippen LogP contribution in [-0.2, 0) is 4.79 Å². The van der Waals surface area contributed by atoms with Gasteiger partial charge in [-0.1, -0.05) is 30.8 Å². The van der Waals surface area contributed by atoms with Gasteiger partial charge in [0.25, 0.3) is 0 Å². The van der Waals surface area contributed by atoms with Crippen LogP contribution in [0, 0.1) is 0 Å². The fourth-order valence-electron chi connectivity index (χ4n) is 3.64. The maximum Gasteiger partial charge on any atom is 0.229 e. The maximum absolute atomic E-state index is 13.0. The van der Waals surface area contributed by atoms with Gasteiger partial charge in [-0.2, -0.15) is 0 Å². The van der Waals surface area contributed by atoms with Crippen molar-refractivity contribution in [2.45, 2.75) is 51.5 Å². The molecule has 1 atom stereocenters. The number of amidine groups is 1. The normalized spacial score (nSPS) is 23.1. The number of likely N-dealkylation sites (tertiary alicyclic amines) is 1. The summed E-state index contributed by atoms with van der Waals surface area (Å²) in [5, 5.41) is 7.36. The van der Waals surface area contributed by atoms with E-state index < -0.39 is 0 Å². The van der Waals surface area contributed by atoms with Crippen molar-refractivity contribution in [3.63, 3.8) is 0 Å². The zero-order chi connectivity index (χ0) is 17.4. The molecule has 25 heavy (non-hydrogen) atoms. The Morgan fingerprint density at radius 3 is 3.08 bits per heavy atom. The molecule has 134 valence electrons. The summed E-state index contributed by atoms with van der Waals surface area (Å²) in [5.74, 6) is 1.37. The van der Waals surface area contributed by atoms with Crippen LogP contribution >= 0.6 is 11.8 Å². The quantitative estimate of drug-likeness (QED) is 0.822. The molecule has 0 aliphatic carbocycles. The van der Waals surface area contributed by atoms with Gasteiger partial charge in [0.2, 0.25) is 5.91 Å². The van der Waals surface area contributed by atoms with Gasteiger partial charge in [0.05, 0.1) is 12.5 Å². The minimum Gasteiger partial charge on any atom is -0.361 e. The van der Waals surface area contributed by atoms with Crippen LogP contribution in [0.25, 0.3) is 0 Å². The lowest BCUT2D eigenvalue weighted by molar-refractivity contribution is -0.131. The number of fused-ring (bicyclic) bond motifs is 1. The van der Waals surface area contributed by atoms with Gasteiger partial charge >= 0.3 is 0 Å². The molecule has 1 amide bonds. The van der Waals surface area contributed by atoms with Crippen LogP contribution in [0.2, 0.25) is 0 Å². The summed E-state index contributed by atoms with van der Waals surface area (Å²) in [7, 11) is 0. The molecule has 3 aliphatic rings. The maximum atomic E-state index is 13.0. The second kappa shape index (κ2) is 6.86. The second-order valence-electron chi connectivity index (χ2n) is 7.13. The number of carbonyl (C=O) groups is 1. The monoisotopic (exact) mass is 360 g/mol. The highest BCUT2D eigenvalue weighted by atomic mass is 32.2. The van der Waals surface area contributed by atoms with Gasteiger partial charge in [-0.3, -0.25) is 9.79 Å². The Morgan fingerprint density at radius 1 is 1.40 bits per heavy atom. The minimum atomic E-state index is 0.0490. The molecule has 1 saturated heterocycles. The van der Waals surface area contributed by atoms with Crippen molar-refractivity contribution in [3.8, 4) is 0 Å². The first kappa shape index (κ1) is 16.7. The Bertz CT molecular complexity index is 724. The Morgan fingerprint density at radius 2 is 2.28 bits per heavy atom. The molecule has 0 N–H and O–H groups in total. The number of aliphatic imine (C=N–C) groups is 1. The first-order valence-electron chi connectivity index (χ1n) is 9.07. The molecule has 4 heterocycles. The lowest BCUT2D eigenvalue weighted by Gasteiger charge is -2.28. The third-order valence-corrected chi connectivity index (χ3v) is 5.98. The lowest BCUT2D eigenvalue weighted by Crippen LogP contribution is -2.35. The molecule has 0 aromatic carbocycles. The largest absolute Gasteiger partial charge is 0.361 e. The predicted octanol–water partition coefficient (Wildman–Crippen LogP) is 3.50. The van der Waals surface area contributed by atoms with Gasteiger partial charge in [-0.15, -0.1) is 0 Å². The Labute approximate surface area is 152 Å². The van der Waals surface area contributed by atoms with Gasteiger partial charge in [0.1, 0.15) is 11.5 Å². The SMILES string of the molecule is CC(C)c1cc([C@H]2CCCN2C(=O)CC2=CSC3=NCCCN23)no1. The minimum absolute atomic E-state index is 0.0490. The predicted molar refractivity (Wildman–Crippen MR) is 98.2 cm³/mol. The third kappa shape index (κ3) is 3.21. The Hall–Kier alpha value is -1.76. The zero-order valence-corrected chi connectivity index (χ0v) is 15.6. The highest BCUT2D eigenvalue weighted by Crippen LogP contribution is 2.35. The van der Waals surface area contributed by atoms with Crippen molar-refractivity contribution in [2.75, 3.05) is 19.6 Å². The number of rotatable bonds is 4. The van der Waals surface area contributed by atoms with Crippen LogP contribution in [0.5, 0.6) is 0 Å². The smallest absolute Gasteiger partial charge is 0.229 e. The average molecular weight is 360 g/mol. The molecule has 1 fully saturated rings. The van der Waals surface area contributed by atoms with E-state index in [1.54, 1.807) is 11.8 Å². The number of amides is 1. The van der Waals surface area contributed by atoms with E-state index in [1.165, 1.54) is 0 Å². The molecule has 0 saturated carbocycles. The van der Waals surface area contributed by atoms with Gasteiger partial charge in [0, 0.05) is 37.3 Å². The molecule has 1 aromatic heterocycles. The van der Waals surface area contributed by atoms with E-state index in [2.05, 4.69) is 34.3 Å². The zero-order valence-electron chi connectivity index (χ0n) is 14.8. The van der Waals surface area contributed by atoms with Crippen molar-refractivity contribution < 1.29 is 9.32 Å². The number of thioether (sulfide) groups is 1. The summed E-state index contributed by atoms with van der Waals surface area (Å²) in [5.41, 5.74) is 1.98. The standard InChI is InChI=1S/C18H24N4O2S/c1-12(2)16-10-14(20-24-16)15-5-3-7-22(15)17(23)9-13-11-25-18-19-6-4-8-21(13)18/h10-12,15H,3-9H2,1-2H3/t15-/m1/s1. The molecule has 3 aliphatic heterocycles. The fourth-order valence-corrected chi connectivity index (χ4v) is 4.59. The first-order valence-corrected chi connectivity index (χ1v) is 9.95. The van der Waals surface area contributed by atoms with Gasteiger partial charge in [-0.25, -0.2) is 0 Å². The molecule has 1 aromatic rings. The van der Waals surface area contributed by atoms with E-state index >= 15 is 0 Å². The number of aromatic nitrogens is 1. The summed E-state index contributed by atoms with van der Waals surface area (Å²) >= 11 is 1.64. The highest BCUT2D eigenvalue weighted by Gasteiger charge is 2.34. The van der Waals surface area contributed by atoms with Crippen molar-refractivity contribution in [3.05, 3.63) is 28.6 Å². The van der Waals surface area contributed by atoms with Crippen molar-refractivity contribution in [1.29, 1.82) is 0 Å². The second-order valence-corrected chi connectivity index (χ2v) is 7.96. The van der Waals surface area contributed by atoms with Crippen LogP contribution in [0.1, 0.15) is 62.9 Å². The topological polar surface area (TPSA) is 61.9 Å². The molecule has 4 rings (SSSR count). The lowest BCUT2D eigenvalue weighted by atomic mass is 10.1. The number of carbonyl (C=O) groups excluding carboxylic acids is 1. The summed E-state index contributed by atoms with van der Waals surface area (Å²) in [6.07, 6.45) is 3.47. The van der Waals surface area contributed by atoms with E-state index in [0.29, 0.717) is 12.3 Å². The molecular weight excluding hydrogens is 336 g/mol. The Balaban J connectivity index is 1.46. The van der Waals surface area contributed by atoms with Crippen molar-refractivity contribution >= 4 is 22.8 Å². The fraction of sp³-hybridized carbons (Fsp3) is 0.611. The van der Waals surface area contributed by atoms with Crippen LogP contribution in [0.4, 0.5) is 0 Å². The van der Waals surface area contributed by atoms with Gasteiger partial charge in [0.15, 0.2) is 5.17 Å². The van der Waals surface area contributed by atoms with E-state index in [0.717, 1.165) is 61.2 Å². The van der Waals surface area contributed by atoms with Crippen LogP contribution in [0.15, 0.2) is 26.7 Å². The molecule has 0 radical (unpaired) electrons. The van der Waals surface area contributed by atoms with Crippen molar-refractivity contribution in [1.82, 2.24) is 15.0 Å². The average Bonchev–Trinajstić information content (AvgIpc) is 3.34. The van der Waals surface area contributed by atoms with Crippen molar-refractivity contribution in [2.24, 2.45) is 4.99 Å². The van der Waals surface area contributed by atoms with E-state index in [4.69, 9.17) is 4.52 Å². The van der Waals surface area contributed by atoms with E-state index in [9.17, 15) is 4.79 Å². The first-order chi connectivity index (χ1) is 12.1. The summed E-state index contributed by atoms with van der Waals surface area (Å²) in [4.78, 5) is 21.7. The van der Waals surface area contributed by atoms with Crippen LogP contribution in [0.3, 0.4) is 0 Å². The number of nitrogens with zero attached hydrogens (tertiary/aromatic N) is 4.